The van der Waals surface area contributed by atoms with Gasteiger partial charge in [-0.25, -0.2) is 0 Å². The van der Waals surface area contributed by atoms with E-state index in [0.29, 0.717) is 12.5 Å². The van der Waals surface area contributed by atoms with Gasteiger partial charge in [-0.1, -0.05) is 0 Å². The lowest BCUT2D eigenvalue weighted by molar-refractivity contribution is -0.140. The third-order valence-corrected chi connectivity index (χ3v) is 2.84. The Hall–Kier alpha value is -0.610. The Labute approximate surface area is 85.8 Å². The van der Waals surface area contributed by atoms with Crippen molar-refractivity contribution < 1.29 is 9.53 Å². The Kier molecular flexibility index (Phi) is 4.35. The highest BCUT2D eigenvalue weighted by Gasteiger charge is 2.23. The minimum atomic E-state index is -0.113. The van der Waals surface area contributed by atoms with Crippen molar-refractivity contribution in [3.8, 4) is 0 Å². The number of ether oxygens (including phenoxy) is 1. The average molecular weight is 200 g/mol. The zero-order chi connectivity index (χ0) is 10.6. The predicted octanol–water partition coefficient (Wildman–Crippen LogP) is 0.185. The molecule has 0 amide bonds. The van der Waals surface area contributed by atoms with Gasteiger partial charge in [0, 0.05) is 19.1 Å². The van der Waals surface area contributed by atoms with Gasteiger partial charge in [0.1, 0.15) is 0 Å². The molecule has 1 rings (SSSR count). The van der Waals surface area contributed by atoms with E-state index in [1.807, 2.05) is 0 Å². The summed E-state index contributed by atoms with van der Waals surface area (Å²) >= 11 is 0. The van der Waals surface area contributed by atoms with Crippen molar-refractivity contribution in [2.45, 2.75) is 18.9 Å². The van der Waals surface area contributed by atoms with Crippen molar-refractivity contribution in [3.05, 3.63) is 0 Å². The first-order valence-corrected chi connectivity index (χ1v) is 5.09. The van der Waals surface area contributed by atoms with Gasteiger partial charge in [-0.15, -0.1) is 0 Å². The van der Waals surface area contributed by atoms with Crippen molar-refractivity contribution >= 4 is 5.97 Å². The fraction of sp³-hybridized carbons (Fsp3) is 0.900. The molecule has 0 aliphatic carbocycles. The standard InChI is InChI=1S/C10H20N2O2/c1-11(2)9-4-6-12(8-9)7-5-10(13)14-3/h9H,4-8H2,1-3H3. The minimum absolute atomic E-state index is 0.113. The fourth-order valence-electron chi connectivity index (χ4n) is 1.79. The summed E-state index contributed by atoms with van der Waals surface area (Å²) in [5.74, 6) is -0.113. The summed E-state index contributed by atoms with van der Waals surface area (Å²) in [5.41, 5.74) is 0. The number of likely N-dealkylation sites (tertiary alicyclic amines) is 1. The number of carbonyl (C=O) groups excluding carboxylic acids is 1. The Morgan fingerprint density at radius 1 is 1.57 bits per heavy atom. The van der Waals surface area contributed by atoms with Crippen molar-refractivity contribution in [2.75, 3.05) is 40.8 Å². The molecule has 1 fully saturated rings. The Morgan fingerprint density at radius 3 is 2.79 bits per heavy atom. The summed E-state index contributed by atoms with van der Waals surface area (Å²) < 4.78 is 4.61. The quantitative estimate of drug-likeness (QED) is 0.606. The van der Waals surface area contributed by atoms with Gasteiger partial charge in [-0.3, -0.25) is 4.79 Å². The second-order valence-corrected chi connectivity index (χ2v) is 4.03. The number of hydrogen-bond donors (Lipinski definition) is 0. The summed E-state index contributed by atoms with van der Waals surface area (Å²) in [4.78, 5) is 15.5. The van der Waals surface area contributed by atoms with E-state index in [1.165, 1.54) is 13.5 Å². The lowest BCUT2D eigenvalue weighted by atomic mass is 10.2. The SMILES string of the molecule is COC(=O)CCN1CCC(N(C)C)C1. The molecule has 4 heteroatoms. The number of carbonyl (C=O) groups is 1. The van der Waals surface area contributed by atoms with E-state index in [4.69, 9.17) is 0 Å². The van der Waals surface area contributed by atoms with Crippen molar-refractivity contribution in [1.82, 2.24) is 9.80 Å². The monoisotopic (exact) mass is 200 g/mol. The first-order valence-electron chi connectivity index (χ1n) is 5.09. The maximum Gasteiger partial charge on any atom is 0.306 e. The highest BCUT2D eigenvalue weighted by atomic mass is 16.5. The number of esters is 1. The molecule has 0 saturated carbocycles. The van der Waals surface area contributed by atoms with Gasteiger partial charge in [-0.2, -0.15) is 0 Å². The van der Waals surface area contributed by atoms with Crippen LogP contribution in [0.1, 0.15) is 12.8 Å². The molecule has 82 valence electrons. The molecule has 0 spiro atoms. The van der Waals surface area contributed by atoms with Gasteiger partial charge < -0.3 is 14.5 Å². The highest BCUT2D eigenvalue weighted by Crippen LogP contribution is 2.13. The van der Waals surface area contributed by atoms with Gasteiger partial charge in [0.15, 0.2) is 0 Å². The Morgan fingerprint density at radius 2 is 2.29 bits per heavy atom. The first kappa shape index (κ1) is 11.5. The first-order chi connectivity index (χ1) is 6.63. The Bertz CT molecular complexity index is 195. The molecule has 0 N–H and O–H groups in total. The molecule has 14 heavy (non-hydrogen) atoms. The van der Waals surface area contributed by atoms with Crippen LogP contribution in [-0.4, -0.2) is 62.7 Å². The van der Waals surface area contributed by atoms with Crippen LogP contribution in [0.2, 0.25) is 0 Å². The second-order valence-electron chi connectivity index (χ2n) is 4.03. The van der Waals surface area contributed by atoms with Crippen LogP contribution >= 0.6 is 0 Å². The van der Waals surface area contributed by atoms with Crippen LogP contribution in [0.15, 0.2) is 0 Å². The molecular weight excluding hydrogens is 180 g/mol. The number of likely N-dealkylation sites (N-methyl/N-ethyl adjacent to an activating group) is 1. The van der Waals surface area contributed by atoms with Crippen molar-refractivity contribution in [3.63, 3.8) is 0 Å². The lowest BCUT2D eigenvalue weighted by Gasteiger charge is -2.19. The van der Waals surface area contributed by atoms with E-state index in [-0.39, 0.29) is 5.97 Å². The highest BCUT2D eigenvalue weighted by molar-refractivity contribution is 5.69. The summed E-state index contributed by atoms with van der Waals surface area (Å²) in [6, 6.07) is 0.646. The molecule has 0 radical (unpaired) electrons. The van der Waals surface area contributed by atoms with E-state index in [2.05, 4.69) is 28.6 Å². The van der Waals surface area contributed by atoms with E-state index >= 15 is 0 Å². The number of methoxy groups -OCH3 is 1. The van der Waals surface area contributed by atoms with Gasteiger partial charge in [0.25, 0.3) is 0 Å². The molecular formula is C10H20N2O2. The van der Waals surface area contributed by atoms with Gasteiger partial charge in [-0.05, 0) is 27.1 Å². The zero-order valence-corrected chi connectivity index (χ0v) is 9.32. The van der Waals surface area contributed by atoms with Crippen LogP contribution in [0.5, 0.6) is 0 Å². The molecule has 0 aromatic rings. The lowest BCUT2D eigenvalue weighted by Crippen LogP contribution is -2.32. The van der Waals surface area contributed by atoms with E-state index < -0.39 is 0 Å². The van der Waals surface area contributed by atoms with E-state index in [1.54, 1.807) is 0 Å². The van der Waals surface area contributed by atoms with Crippen LogP contribution in [0, 0.1) is 0 Å². The average Bonchev–Trinajstić information content (AvgIpc) is 2.62. The third kappa shape index (κ3) is 3.27. The van der Waals surface area contributed by atoms with Crippen molar-refractivity contribution in [1.29, 1.82) is 0 Å². The molecule has 4 nitrogen and oxygen atoms in total. The summed E-state index contributed by atoms with van der Waals surface area (Å²) in [5, 5.41) is 0. The number of hydrogen-bond acceptors (Lipinski definition) is 4. The third-order valence-electron chi connectivity index (χ3n) is 2.84. The number of nitrogens with zero attached hydrogens (tertiary/aromatic N) is 2. The van der Waals surface area contributed by atoms with Crippen LogP contribution < -0.4 is 0 Å². The molecule has 0 aromatic carbocycles. The topological polar surface area (TPSA) is 32.8 Å². The Balaban J connectivity index is 2.19. The maximum absolute atomic E-state index is 10.9. The van der Waals surface area contributed by atoms with Gasteiger partial charge in [0.05, 0.1) is 13.5 Å². The normalized spacial score (nSPS) is 23.0. The fourth-order valence-corrected chi connectivity index (χ4v) is 1.79. The van der Waals surface area contributed by atoms with Crippen LogP contribution in [0.25, 0.3) is 0 Å². The van der Waals surface area contributed by atoms with Gasteiger partial charge in [0.2, 0.25) is 0 Å². The van der Waals surface area contributed by atoms with Crippen LogP contribution in [0.3, 0.4) is 0 Å². The molecule has 1 aliphatic rings. The minimum Gasteiger partial charge on any atom is -0.469 e. The van der Waals surface area contributed by atoms with Crippen LogP contribution in [-0.2, 0) is 9.53 Å². The molecule has 1 aliphatic heterocycles. The zero-order valence-electron chi connectivity index (χ0n) is 9.32. The van der Waals surface area contributed by atoms with Crippen molar-refractivity contribution in [2.24, 2.45) is 0 Å². The smallest absolute Gasteiger partial charge is 0.306 e. The summed E-state index contributed by atoms with van der Waals surface area (Å²) in [6.07, 6.45) is 1.71. The molecule has 1 atom stereocenters. The summed E-state index contributed by atoms with van der Waals surface area (Å²) in [7, 11) is 5.65. The molecule has 1 unspecified atom stereocenters. The second kappa shape index (κ2) is 5.32. The van der Waals surface area contributed by atoms with Crippen LogP contribution in [0.4, 0.5) is 0 Å². The molecule has 0 aromatic heterocycles. The van der Waals surface area contributed by atoms with Gasteiger partial charge >= 0.3 is 5.97 Å². The van der Waals surface area contributed by atoms with E-state index in [9.17, 15) is 4.79 Å². The maximum atomic E-state index is 10.9. The predicted molar refractivity (Wildman–Crippen MR) is 55.2 cm³/mol. The van der Waals surface area contributed by atoms with E-state index in [0.717, 1.165) is 19.6 Å². The summed E-state index contributed by atoms with van der Waals surface area (Å²) in [6.45, 7) is 3.00. The number of rotatable bonds is 4. The largest absolute Gasteiger partial charge is 0.469 e. The molecule has 1 saturated heterocycles. The molecule has 1 heterocycles. The molecule has 0 bridgehead atoms.